The summed E-state index contributed by atoms with van der Waals surface area (Å²) < 4.78 is 6.01. The third kappa shape index (κ3) is 4.77. The molecule has 0 unspecified atom stereocenters. The molecule has 0 aliphatic rings. The maximum absolute atomic E-state index is 11.2. The Hall–Kier alpha value is 1.66. The fourth-order valence-corrected chi connectivity index (χ4v) is 31.5. The molecule has 0 aromatic heterocycles. The van der Waals surface area contributed by atoms with Crippen LogP contribution in [0.5, 0.6) is 0 Å². The average molecular weight is 584 g/mol. The van der Waals surface area contributed by atoms with Gasteiger partial charge < -0.3 is 0 Å². The first kappa shape index (κ1) is 13.7. The van der Waals surface area contributed by atoms with Crippen molar-refractivity contribution < 1.29 is 56.2 Å². The van der Waals surface area contributed by atoms with Crippen LogP contribution in [-0.4, -0.2) is 12.6 Å². The fraction of sp³-hybridized carbons (Fsp3) is 0.500. The molecule has 0 saturated carbocycles. The van der Waals surface area contributed by atoms with Crippen molar-refractivity contribution in [3.05, 3.63) is 6.16 Å². The van der Waals surface area contributed by atoms with Gasteiger partial charge in [-0.2, -0.15) is 0 Å². The molecule has 0 heterocycles. The van der Waals surface area contributed by atoms with Crippen molar-refractivity contribution in [3.63, 3.8) is 0 Å². The molecule has 62 valence electrons. The average Bonchev–Trinajstić information content (AvgIpc) is 2.07. The molecule has 2 nitrogen and oxygen atoms in total. The SMILES string of the molecule is CCOC(=O)C(C)=[C]([Hg][Cl])[Hg][Cl]. The van der Waals surface area contributed by atoms with E-state index in [1.54, 1.807) is 13.8 Å². The van der Waals surface area contributed by atoms with Crippen LogP contribution in [0.15, 0.2) is 6.16 Å². The molecule has 12 heavy (non-hydrogen) atoms. The van der Waals surface area contributed by atoms with Gasteiger partial charge in [-0.3, -0.25) is 0 Å². The Kier molecular flexibility index (Phi) is 9.12. The number of halogens is 2. The predicted octanol–water partition coefficient (Wildman–Crippen LogP) is 2.25. The normalized spacial score (nSPS) is 8.00. The van der Waals surface area contributed by atoms with E-state index in [0.717, 1.165) is 0.591 Å². The van der Waals surface area contributed by atoms with Crippen LogP contribution in [0, 0.1) is 0 Å². The first-order valence-corrected chi connectivity index (χ1v) is 22.7. The van der Waals surface area contributed by atoms with E-state index in [2.05, 4.69) is 0 Å². The molecular formula is C6H8Cl2Hg2O2. The molecule has 0 aromatic rings. The number of hydrogen-bond donors (Lipinski definition) is 0. The Morgan fingerprint density at radius 3 is 2.25 bits per heavy atom. The van der Waals surface area contributed by atoms with E-state index in [9.17, 15) is 4.79 Å². The van der Waals surface area contributed by atoms with E-state index in [1.807, 2.05) is 0 Å². The second kappa shape index (κ2) is 8.01. The first-order valence-electron chi connectivity index (χ1n) is 3.65. The second-order valence-corrected chi connectivity index (χ2v) is 30.7. The zero-order valence-corrected chi connectivity index (χ0v) is 19.7. The van der Waals surface area contributed by atoms with Gasteiger partial charge in [0.2, 0.25) is 0 Å². The van der Waals surface area contributed by atoms with Crippen LogP contribution in [-0.2, 0) is 56.2 Å². The van der Waals surface area contributed by atoms with Gasteiger partial charge in [0.1, 0.15) is 0 Å². The Balaban J connectivity index is 4.39. The van der Waals surface area contributed by atoms with Crippen molar-refractivity contribution in [1.82, 2.24) is 0 Å². The van der Waals surface area contributed by atoms with Gasteiger partial charge in [0.15, 0.2) is 0 Å². The molecule has 0 aliphatic heterocycles. The van der Waals surface area contributed by atoms with Crippen molar-refractivity contribution >= 4 is 22.5 Å². The van der Waals surface area contributed by atoms with E-state index in [1.165, 1.54) is 0 Å². The molecule has 0 atom stereocenters. The Labute approximate surface area is 104 Å². The van der Waals surface area contributed by atoms with Gasteiger partial charge in [0.25, 0.3) is 0 Å². The van der Waals surface area contributed by atoms with Gasteiger partial charge in [-0.1, -0.05) is 0 Å². The van der Waals surface area contributed by atoms with Gasteiger partial charge in [0.05, 0.1) is 0 Å². The Morgan fingerprint density at radius 1 is 1.42 bits per heavy atom. The monoisotopic (exact) mass is 586 g/mol. The molecule has 0 fully saturated rings. The topological polar surface area (TPSA) is 26.3 Å². The predicted molar refractivity (Wildman–Crippen MR) is 41.0 cm³/mol. The van der Waals surface area contributed by atoms with Crippen molar-refractivity contribution in [2.45, 2.75) is 13.8 Å². The molecule has 0 aromatic carbocycles. The zero-order chi connectivity index (χ0) is 9.56. The number of rotatable bonds is 4. The van der Waals surface area contributed by atoms with Crippen LogP contribution in [0.4, 0.5) is 0 Å². The van der Waals surface area contributed by atoms with Gasteiger partial charge in [0, 0.05) is 0 Å². The van der Waals surface area contributed by atoms with E-state index in [4.69, 9.17) is 21.2 Å². The summed E-state index contributed by atoms with van der Waals surface area (Å²) in [6.07, 6.45) is 0. The summed E-state index contributed by atoms with van der Waals surface area (Å²) in [7, 11) is 11.7. The van der Waals surface area contributed by atoms with Gasteiger partial charge >= 0.3 is 105 Å². The summed E-state index contributed by atoms with van der Waals surface area (Å²) in [4.78, 5) is 11.2. The molecule has 0 radical (unpaired) electrons. The molecule has 0 aliphatic carbocycles. The van der Waals surface area contributed by atoms with Crippen LogP contribution in [0.25, 0.3) is 0 Å². The van der Waals surface area contributed by atoms with Crippen molar-refractivity contribution in [1.29, 1.82) is 0 Å². The molecule has 0 spiro atoms. The zero-order valence-electron chi connectivity index (χ0n) is 7.19. The molecule has 0 N–H and O–H groups in total. The van der Waals surface area contributed by atoms with Crippen molar-refractivity contribution in [2.75, 3.05) is 6.61 Å². The Bertz CT molecular complexity index is 188. The second-order valence-electron chi connectivity index (χ2n) is 2.22. The first-order chi connectivity index (χ1) is 5.67. The number of carbonyl (C=O) groups is 1. The summed E-state index contributed by atoms with van der Waals surface area (Å²) in [5.74, 6) is -0.228. The summed E-state index contributed by atoms with van der Waals surface area (Å²) in [5.41, 5.74) is 0.713. The summed E-state index contributed by atoms with van der Waals surface area (Å²) >= 11 is -2.88. The summed E-state index contributed by atoms with van der Waals surface area (Å²) in [6.45, 7) is 3.99. The summed E-state index contributed by atoms with van der Waals surface area (Å²) in [6, 6.07) is 0. The van der Waals surface area contributed by atoms with Gasteiger partial charge in [-0.15, -0.1) is 0 Å². The third-order valence-electron chi connectivity index (χ3n) is 1.43. The number of ether oxygens (including phenoxy) is 1. The minimum absolute atomic E-state index is 0.228. The molecule has 6 heteroatoms. The van der Waals surface area contributed by atoms with Gasteiger partial charge in [-0.05, 0) is 0 Å². The standard InChI is InChI=1S/C6H8O2.2ClH.2Hg/c1-4-8-6(7)5(2)3;;;;/h4H2,1-2H3;2*1H;;/q;;;2*+1/p-2. The third-order valence-corrected chi connectivity index (χ3v) is 52.4. The van der Waals surface area contributed by atoms with Crippen LogP contribution in [0.3, 0.4) is 0 Å². The van der Waals surface area contributed by atoms with Crippen LogP contribution in [0.2, 0.25) is 0 Å². The van der Waals surface area contributed by atoms with Crippen LogP contribution in [0.1, 0.15) is 13.8 Å². The van der Waals surface area contributed by atoms with Crippen LogP contribution < -0.4 is 0 Å². The van der Waals surface area contributed by atoms with E-state index < -0.39 is 46.7 Å². The molecular weight excluding hydrogens is 576 g/mol. The van der Waals surface area contributed by atoms with E-state index in [0.29, 0.717) is 12.2 Å². The summed E-state index contributed by atoms with van der Waals surface area (Å²) in [5, 5.41) is 0. The van der Waals surface area contributed by atoms with Gasteiger partial charge in [-0.25, -0.2) is 0 Å². The number of esters is 1. The maximum atomic E-state index is 11.2. The molecule has 0 amide bonds. The van der Waals surface area contributed by atoms with Crippen molar-refractivity contribution in [2.24, 2.45) is 0 Å². The molecule has 0 bridgehead atoms. The molecule has 0 rings (SSSR count). The van der Waals surface area contributed by atoms with E-state index in [-0.39, 0.29) is 5.97 Å². The molecule has 0 saturated heterocycles. The quantitative estimate of drug-likeness (QED) is 0.288. The minimum atomic E-state index is -1.44. The Morgan fingerprint density at radius 2 is 1.92 bits per heavy atom. The van der Waals surface area contributed by atoms with E-state index >= 15 is 0 Å². The number of hydrogen-bond acceptors (Lipinski definition) is 2. The fourth-order valence-electron chi connectivity index (χ4n) is 0.620. The van der Waals surface area contributed by atoms with Crippen LogP contribution >= 0.6 is 16.5 Å². The number of carbonyl (C=O) groups excluding carboxylic acids is 1. The van der Waals surface area contributed by atoms with Crippen molar-refractivity contribution in [3.8, 4) is 0 Å².